The van der Waals surface area contributed by atoms with Crippen molar-refractivity contribution in [1.82, 2.24) is 5.32 Å². The molecule has 0 aliphatic carbocycles. The van der Waals surface area contributed by atoms with Crippen molar-refractivity contribution in [2.75, 3.05) is 0 Å². The molecule has 2 nitrogen and oxygen atoms in total. The molecule has 0 heterocycles. The largest absolute Gasteiger partial charge is 0.508 e. The number of halogens is 2. The van der Waals surface area contributed by atoms with Gasteiger partial charge in [-0.3, -0.25) is 0 Å². The van der Waals surface area contributed by atoms with Crippen LogP contribution in [0.2, 0.25) is 5.02 Å². The number of hydrogen-bond donors (Lipinski definition) is 2. The van der Waals surface area contributed by atoms with Gasteiger partial charge in [0.15, 0.2) is 0 Å². The lowest BCUT2D eigenvalue weighted by molar-refractivity contribution is 0.464. The van der Waals surface area contributed by atoms with Crippen LogP contribution in [-0.4, -0.2) is 5.11 Å². The summed E-state index contributed by atoms with van der Waals surface area (Å²) in [6.45, 7) is 1.36. The minimum atomic E-state index is 0.322. The molecule has 0 aromatic heterocycles. The van der Waals surface area contributed by atoms with Crippen LogP contribution in [0.3, 0.4) is 0 Å². The van der Waals surface area contributed by atoms with Crippen molar-refractivity contribution < 1.29 is 5.11 Å². The van der Waals surface area contributed by atoms with Gasteiger partial charge in [-0.05, 0) is 39.7 Å². The van der Waals surface area contributed by atoms with Gasteiger partial charge in [0, 0.05) is 23.1 Å². The van der Waals surface area contributed by atoms with Gasteiger partial charge in [-0.15, -0.1) is 0 Å². The van der Waals surface area contributed by atoms with Crippen LogP contribution in [0.5, 0.6) is 5.75 Å². The molecule has 18 heavy (non-hydrogen) atoms. The zero-order valence-corrected chi connectivity index (χ0v) is 12.0. The third-order valence-electron chi connectivity index (χ3n) is 2.62. The smallest absolute Gasteiger partial charge is 0.120 e. The molecule has 0 saturated carbocycles. The normalized spacial score (nSPS) is 10.6. The van der Waals surface area contributed by atoms with Crippen molar-refractivity contribution in [2.45, 2.75) is 13.1 Å². The van der Waals surface area contributed by atoms with Crippen LogP contribution in [0.1, 0.15) is 11.1 Å². The second kappa shape index (κ2) is 6.23. The molecule has 0 fully saturated rings. The number of rotatable bonds is 4. The standard InChI is InChI=1S/C14H13BrClNO/c15-12-7-10(5-6-13(12)16)8-17-9-11-3-1-2-4-14(11)18/h1-7,17-18H,8-9H2. The topological polar surface area (TPSA) is 32.3 Å². The number of phenolic OH excluding ortho intramolecular Hbond substituents is 1. The number of phenols is 1. The SMILES string of the molecule is Oc1ccccc1CNCc1ccc(Cl)c(Br)c1. The van der Waals surface area contributed by atoms with Gasteiger partial charge in [0.05, 0.1) is 5.02 Å². The van der Waals surface area contributed by atoms with Crippen LogP contribution in [0.25, 0.3) is 0 Å². The number of aromatic hydroxyl groups is 1. The summed E-state index contributed by atoms with van der Waals surface area (Å²) >= 11 is 9.33. The molecule has 94 valence electrons. The summed E-state index contributed by atoms with van der Waals surface area (Å²) in [4.78, 5) is 0. The molecular weight excluding hydrogens is 314 g/mol. The van der Waals surface area contributed by atoms with E-state index < -0.39 is 0 Å². The molecule has 2 aromatic carbocycles. The molecule has 2 N–H and O–H groups in total. The van der Waals surface area contributed by atoms with E-state index in [0.717, 1.165) is 22.1 Å². The Hall–Kier alpha value is -1.03. The molecule has 0 atom stereocenters. The Kier molecular flexibility index (Phi) is 4.64. The van der Waals surface area contributed by atoms with Gasteiger partial charge < -0.3 is 10.4 Å². The van der Waals surface area contributed by atoms with Crippen LogP contribution in [0, 0.1) is 0 Å². The van der Waals surface area contributed by atoms with Crippen molar-refractivity contribution in [3.8, 4) is 5.75 Å². The van der Waals surface area contributed by atoms with Gasteiger partial charge in [-0.25, -0.2) is 0 Å². The summed E-state index contributed by atoms with van der Waals surface area (Å²) in [5.74, 6) is 0.322. The molecule has 0 amide bonds. The highest BCUT2D eigenvalue weighted by molar-refractivity contribution is 9.10. The average molecular weight is 327 g/mol. The van der Waals surface area contributed by atoms with E-state index in [1.165, 1.54) is 0 Å². The Bertz CT molecular complexity index is 545. The third kappa shape index (κ3) is 3.48. The number of hydrogen-bond acceptors (Lipinski definition) is 2. The quantitative estimate of drug-likeness (QED) is 0.886. The molecule has 0 bridgehead atoms. The third-order valence-corrected chi connectivity index (χ3v) is 3.83. The minimum absolute atomic E-state index is 0.322. The maximum atomic E-state index is 9.62. The summed E-state index contributed by atoms with van der Waals surface area (Å²) < 4.78 is 0.894. The summed E-state index contributed by atoms with van der Waals surface area (Å²) in [7, 11) is 0. The zero-order valence-electron chi connectivity index (χ0n) is 9.66. The molecule has 0 radical (unpaired) electrons. The van der Waals surface area contributed by atoms with E-state index in [2.05, 4.69) is 21.2 Å². The van der Waals surface area contributed by atoms with E-state index in [4.69, 9.17) is 11.6 Å². The monoisotopic (exact) mass is 325 g/mol. The Morgan fingerprint density at radius 2 is 1.89 bits per heavy atom. The van der Waals surface area contributed by atoms with Crippen LogP contribution in [0.4, 0.5) is 0 Å². The molecule has 0 aliphatic heterocycles. The van der Waals surface area contributed by atoms with E-state index in [1.807, 2.05) is 36.4 Å². The summed E-state index contributed by atoms with van der Waals surface area (Å²) in [6.07, 6.45) is 0. The summed E-state index contributed by atoms with van der Waals surface area (Å²) in [6, 6.07) is 13.1. The van der Waals surface area contributed by atoms with Crippen molar-refractivity contribution in [3.63, 3.8) is 0 Å². The molecule has 2 rings (SSSR count). The van der Waals surface area contributed by atoms with E-state index in [-0.39, 0.29) is 0 Å². The van der Waals surface area contributed by atoms with E-state index in [9.17, 15) is 5.11 Å². The predicted octanol–water partition coefficient (Wildman–Crippen LogP) is 4.10. The number of benzene rings is 2. The van der Waals surface area contributed by atoms with E-state index in [0.29, 0.717) is 17.3 Å². The highest BCUT2D eigenvalue weighted by Crippen LogP contribution is 2.23. The van der Waals surface area contributed by atoms with Gasteiger partial charge >= 0.3 is 0 Å². The van der Waals surface area contributed by atoms with E-state index >= 15 is 0 Å². The fourth-order valence-electron chi connectivity index (χ4n) is 1.65. The van der Waals surface area contributed by atoms with Crippen LogP contribution >= 0.6 is 27.5 Å². The summed E-state index contributed by atoms with van der Waals surface area (Å²) in [5, 5.41) is 13.6. The first-order chi connectivity index (χ1) is 8.66. The maximum absolute atomic E-state index is 9.62. The zero-order chi connectivity index (χ0) is 13.0. The van der Waals surface area contributed by atoms with Crippen LogP contribution in [-0.2, 0) is 13.1 Å². The highest BCUT2D eigenvalue weighted by atomic mass is 79.9. The molecule has 0 aliphatic rings. The molecule has 2 aromatic rings. The van der Waals surface area contributed by atoms with Crippen molar-refractivity contribution in [2.24, 2.45) is 0 Å². The first kappa shape index (κ1) is 13.4. The second-order valence-corrected chi connectivity index (χ2v) is 5.24. The summed E-state index contributed by atoms with van der Waals surface area (Å²) in [5.41, 5.74) is 2.03. The van der Waals surface area contributed by atoms with Gasteiger partial charge in [-0.1, -0.05) is 35.9 Å². The predicted molar refractivity (Wildman–Crippen MR) is 77.8 cm³/mol. The fourth-order valence-corrected chi connectivity index (χ4v) is 2.20. The minimum Gasteiger partial charge on any atom is -0.508 e. The Morgan fingerprint density at radius 1 is 1.11 bits per heavy atom. The molecule has 0 saturated heterocycles. The number of nitrogens with one attached hydrogen (secondary N) is 1. The number of para-hydroxylation sites is 1. The van der Waals surface area contributed by atoms with Crippen LogP contribution < -0.4 is 5.32 Å². The van der Waals surface area contributed by atoms with Crippen LogP contribution in [0.15, 0.2) is 46.9 Å². The van der Waals surface area contributed by atoms with Gasteiger partial charge in [0.25, 0.3) is 0 Å². The first-order valence-corrected chi connectivity index (χ1v) is 6.75. The van der Waals surface area contributed by atoms with Crippen molar-refractivity contribution >= 4 is 27.5 Å². The highest BCUT2D eigenvalue weighted by Gasteiger charge is 2.01. The molecule has 0 spiro atoms. The second-order valence-electron chi connectivity index (χ2n) is 3.98. The lowest BCUT2D eigenvalue weighted by atomic mass is 10.2. The Balaban J connectivity index is 1.92. The Morgan fingerprint density at radius 3 is 2.61 bits per heavy atom. The van der Waals surface area contributed by atoms with Crippen molar-refractivity contribution in [3.05, 3.63) is 63.1 Å². The lowest BCUT2D eigenvalue weighted by Gasteiger charge is -2.07. The molecule has 0 unspecified atom stereocenters. The molecular formula is C14H13BrClNO. The average Bonchev–Trinajstić information content (AvgIpc) is 2.36. The molecule has 4 heteroatoms. The van der Waals surface area contributed by atoms with Gasteiger partial charge in [-0.2, -0.15) is 0 Å². The first-order valence-electron chi connectivity index (χ1n) is 5.58. The maximum Gasteiger partial charge on any atom is 0.120 e. The van der Waals surface area contributed by atoms with E-state index in [1.54, 1.807) is 6.07 Å². The van der Waals surface area contributed by atoms with Gasteiger partial charge in [0.2, 0.25) is 0 Å². The van der Waals surface area contributed by atoms with Crippen molar-refractivity contribution in [1.29, 1.82) is 0 Å². The lowest BCUT2D eigenvalue weighted by Crippen LogP contribution is -2.12. The fraction of sp³-hybridized carbons (Fsp3) is 0.143. The Labute approximate surface area is 120 Å². The van der Waals surface area contributed by atoms with Gasteiger partial charge in [0.1, 0.15) is 5.75 Å².